The number of carbonyl (C=O) groups excluding carboxylic acids is 5. The number of nitrogens with one attached hydrogen (secondary N) is 2. The Labute approximate surface area is 515 Å². The molecule has 0 bridgehead atoms. The molecule has 0 spiro atoms. The summed E-state index contributed by atoms with van der Waals surface area (Å²) in [5.74, 6) is 6.70. The lowest BCUT2D eigenvalue weighted by atomic mass is 9.61. The fourth-order valence-corrected chi connectivity index (χ4v) is 15.7. The quantitative estimate of drug-likeness (QED) is 0.0358. The van der Waals surface area contributed by atoms with Gasteiger partial charge in [-0.1, -0.05) is 285 Å². The number of hydrogen-bond acceptors (Lipinski definition) is 5. The molecule has 0 radical (unpaired) electrons. The second-order valence-electron chi connectivity index (χ2n) is 27.3. The van der Waals surface area contributed by atoms with E-state index < -0.39 is 6.04 Å². The van der Waals surface area contributed by atoms with Crippen molar-refractivity contribution < 1.29 is 24.0 Å². The molecule has 0 heterocycles. The summed E-state index contributed by atoms with van der Waals surface area (Å²) in [6, 6.07) is -0.719. The van der Waals surface area contributed by atoms with E-state index >= 15 is 0 Å². The molecule has 0 aliphatic heterocycles. The summed E-state index contributed by atoms with van der Waals surface area (Å²) in [6.07, 6.45) is 68.9. The van der Waals surface area contributed by atoms with Gasteiger partial charge in [0.1, 0.15) is 18.6 Å². The Kier molecular flexibility index (Phi) is 49.6. The lowest BCUT2D eigenvalue weighted by Crippen LogP contribution is -2.49. The molecule has 484 valence electrons. The van der Waals surface area contributed by atoms with Crippen LogP contribution in [0.3, 0.4) is 0 Å². The van der Waals surface area contributed by atoms with Crippen LogP contribution in [0.25, 0.3) is 0 Å². The van der Waals surface area contributed by atoms with Crippen molar-refractivity contribution in [1.29, 1.82) is 0 Å². The van der Waals surface area contributed by atoms with Crippen molar-refractivity contribution in [3.8, 4) is 0 Å². The van der Waals surface area contributed by atoms with Crippen LogP contribution < -0.4 is 10.6 Å². The minimum absolute atomic E-state index is 0.0549. The number of amides is 3. The number of hydrogen-bond donors (Lipinski definition) is 2. The summed E-state index contributed by atoms with van der Waals surface area (Å²) in [6.45, 7) is 15.2. The lowest BCUT2D eigenvalue weighted by Gasteiger charge is -2.44. The van der Waals surface area contributed by atoms with E-state index in [2.05, 4.69) is 45.3 Å². The highest BCUT2D eigenvalue weighted by Crippen LogP contribution is 2.49. The first-order valence-corrected chi connectivity index (χ1v) is 37.0. The molecule has 2 N–H and O–H groups in total. The van der Waals surface area contributed by atoms with Crippen LogP contribution >= 0.6 is 0 Å². The van der Waals surface area contributed by atoms with Gasteiger partial charge in [-0.3, -0.25) is 19.2 Å². The summed E-state index contributed by atoms with van der Waals surface area (Å²) in [4.78, 5) is 62.4. The van der Waals surface area contributed by atoms with Gasteiger partial charge in [0.25, 0.3) is 0 Å². The molecule has 0 aromatic carbocycles. The Morgan fingerprint density at radius 2 is 0.759 bits per heavy atom. The molecular formula is C75H139N3O5. The van der Waals surface area contributed by atoms with Crippen molar-refractivity contribution in [3.63, 3.8) is 0 Å². The minimum Gasteiger partial charge on any atom is -0.354 e. The Morgan fingerprint density at radius 1 is 0.422 bits per heavy atom. The van der Waals surface area contributed by atoms with Crippen molar-refractivity contribution in [2.45, 2.75) is 369 Å². The van der Waals surface area contributed by atoms with Crippen molar-refractivity contribution in [2.75, 3.05) is 19.6 Å². The van der Waals surface area contributed by atoms with Crippen molar-refractivity contribution >= 4 is 30.3 Å². The molecule has 2 fully saturated rings. The number of unbranched alkanes of at least 4 members (excludes halogenated alkanes) is 31. The molecule has 2 rings (SSSR count). The van der Waals surface area contributed by atoms with E-state index in [1.54, 1.807) is 11.8 Å². The monoisotopic (exact) mass is 1160 g/mol. The molecule has 0 aromatic rings. The molecule has 0 saturated heterocycles. The zero-order valence-corrected chi connectivity index (χ0v) is 56.0. The van der Waals surface area contributed by atoms with E-state index in [9.17, 15) is 24.0 Å². The predicted molar refractivity (Wildman–Crippen MR) is 356 cm³/mol. The number of rotatable bonds is 57. The molecule has 0 aromatic heterocycles. The van der Waals surface area contributed by atoms with Crippen LogP contribution in [-0.2, 0) is 24.0 Å². The summed E-state index contributed by atoms with van der Waals surface area (Å²) >= 11 is 0. The predicted octanol–water partition coefficient (Wildman–Crippen LogP) is 21.0. The van der Waals surface area contributed by atoms with Crippen LogP contribution in [0.1, 0.15) is 363 Å². The second kappa shape index (κ2) is 53.7. The van der Waals surface area contributed by atoms with Crippen LogP contribution in [-0.4, -0.2) is 60.9 Å². The van der Waals surface area contributed by atoms with E-state index in [0.717, 1.165) is 98.6 Å². The maximum absolute atomic E-state index is 13.6. The van der Waals surface area contributed by atoms with Crippen LogP contribution in [0, 0.1) is 47.3 Å². The second-order valence-corrected chi connectivity index (χ2v) is 27.3. The summed E-state index contributed by atoms with van der Waals surface area (Å²) in [5, 5.41) is 6.02. The largest absolute Gasteiger partial charge is 0.354 e. The van der Waals surface area contributed by atoms with Gasteiger partial charge in [-0.05, 0) is 118 Å². The van der Waals surface area contributed by atoms with Gasteiger partial charge in [0.15, 0.2) is 0 Å². The lowest BCUT2D eigenvalue weighted by molar-refractivity contribution is -0.140. The van der Waals surface area contributed by atoms with Gasteiger partial charge in [0.2, 0.25) is 17.7 Å². The fourth-order valence-electron chi connectivity index (χ4n) is 15.7. The van der Waals surface area contributed by atoms with Gasteiger partial charge in [0.05, 0.1) is 0 Å². The van der Waals surface area contributed by atoms with Gasteiger partial charge in [-0.2, -0.15) is 0 Å². The number of allylic oxidation sites excluding steroid dienone is 1. The molecule has 8 nitrogen and oxygen atoms in total. The van der Waals surface area contributed by atoms with Gasteiger partial charge >= 0.3 is 0 Å². The molecular weight excluding hydrogens is 1020 g/mol. The van der Waals surface area contributed by atoms with Crippen LogP contribution in [0.5, 0.6) is 0 Å². The Morgan fingerprint density at radius 3 is 1.17 bits per heavy atom. The molecule has 3 amide bonds. The normalized spacial score (nSPS) is 21.3. The van der Waals surface area contributed by atoms with E-state index in [4.69, 9.17) is 0 Å². The van der Waals surface area contributed by atoms with Crippen LogP contribution in [0.4, 0.5) is 0 Å². The number of aldehydes is 2. The summed E-state index contributed by atoms with van der Waals surface area (Å²) < 4.78 is 0. The third-order valence-corrected chi connectivity index (χ3v) is 20.7. The summed E-state index contributed by atoms with van der Waals surface area (Å²) in [5.41, 5.74) is 0. The zero-order valence-electron chi connectivity index (χ0n) is 56.0. The van der Waals surface area contributed by atoms with E-state index in [1.165, 1.54) is 282 Å². The molecule has 83 heavy (non-hydrogen) atoms. The maximum atomic E-state index is 13.6. The summed E-state index contributed by atoms with van der Waals surface area (Å²) in [7, 11) is 0. The molecule has 9 unspecified atom stereocenters. The highest BCUT2D eigenvalue weighted by Gasteiger charge is 2.39. The standard InChI is InChI=1S/C75H139N3O5/c1-7-11-15-19-28-39-50-70-66(46-35-17-13-9-3)55-54-64(5)69(70)49-38-30-23-26-34-44-61-78(65(6)81)73(58-63-80)75(83)77-60-43-33-25-22-31-41-52-72-68(48-37-27-21-24-32-42-59-76-74(82)53-45-62-79)57-56-67(47-36-18-14-10-4)71(72)51-40-29-20-16-12-8-2/h45,53,62-64,66-73H,7-44,46-52,54-61H2,1-6H3,(H,76,82)(H,77,83)/b53-45-. The van der Waals surface area contributed by atoms with Crippen molar-refractivity contribution in [1.82, 2.24) is 15.5 Å². The van der Waals surface area contributed by atoms with Crippen LogP contribution in [0.2, 0.25) is 0 Å². The third kappa shape index (κ3) is 37.1. The highest BCUT2D eigenvalue weighted by molar-refractivity contribution is 5.90. The molecule has 2 saturated carbocycles. The van der Waals surface area contributed by atoms with E-state index in [1.807, 2.05) is 0 Å². The average molecular weight is 1160 g/mol. The topological polar surface area (TPSA) is 113 Å². The van der Waals surface area contributed by atoms with E-state index in [0.29, 0.717) is 25.9 Å². The Hall–Kier alpha value is -2.51. The van der Waals surface area contributed by atoms with Gasteiger partial charge in [-0.15, -0.1) is 0 Å². The van der Waals surface area contributed by atoms with Crippen LogP contribution in [0.15, 0.2) is 12.2 Å². The highest BCUT2D eigenvalue weighted by atomic mass is 16.2. The molecule has 2 aliphatic carbocycles. The van der Waals surface area contributed by atoms with Gasteiger partial charge in [0, 0.05) is 39.1 Å². The molecule has 2 aliphatic rings. The minimum atomic E-state index is -0.719. The molecule has 8 heteroatoms. The fraction of sp³-hybridized carbons (Fsp3) is 0.907. The first-order chi connectivity index (χ1) is 40.7. The first kappa shape index (κ1) is 76.6. The van der Waals surface area contributed by atoms with Crippen molar-refractivity contribution in [3.05, 3.63) is 12.2 Å². The Balaban J connectivity index is 1.83. The first-order valence-electron chi connectivity index (χ1n) is 37.0. The van der Waals surface area contributed by atoms with Gasteiger partial charge in [-0.25, -0.2) is 0 Å². The molecule has 9 atom stereocenters. The SMILES string of the molecule is CCCCCCCCC1C(CCCCCC)CCC(C)C1CCCCCCCCN(C(C)=O)C(CC=O)C(=O)NCCCCCCCCC1C(CCCCCCCCNC(=O)/C=C\C=O)CCC(CCCCCC)C1CCCCCCCC. The van der Waals surface area contributed by atoms with Gasteiger partial charge < -0.3 is 20.3 Å². The van der Waals surface area contributed by atoms with E-state index in [-0.39, 0.29) is 24.1 Å². The van der Waals surface area contributed by atoms with Crippen molar-refractivity contribution in [2.24, 2.45) is 47.3 Å². The Bertz CT molecular complexity index is 1580. The maximum Gasteiger partial charge on any atom is 0.244 e. The number of carbonyl (C=O) groups is 5. The average Bonchev–Trinajstić information content (AvgIpc) is 3.69. The smallest absolute Gasteiger partial charge is 0.244 e. The third-order valence-electron chi connectivity index (χ3n) is 20.7. The zero-order chi connectivity index (χ0) is 60.2. The number of nitrogens with zero attached hydrogens (tertiary/aromatic N) is 1.